The summed E-state index contributed by atoms with van der Waals surface area (Å²) in [5.74, 6) is 0.340. The molecule has 24 heavy (non-hydrogen) atoms. The van der Waals surface area contributed by atoms with Gasteiger partial charge in [-0.25, -0.2) is 4.98 Å². The molecule has 0 bridgehead atoms. The van der Waals surface area contributed by atoms with Crippen LogP contribution in [-0.2, 0) is 17.8 Å². The van der Waals surface area contributed by atoms with Gasteiger partial charge in [-0.05, 0) is 36.8 Å². The maximum absolute atomic E-state index is 12.6. The molecule has 0 saturated heterocycles. The summed E-state index contributed by atoms with van der Waals surface area (Å²) >= 11 is 3.00. The van der Waals surface area contributed by atoms with E-state index in [-0.39, 0.29) is 17.7 Å². The average Bonchev–Trinajstić information content (AvgIpc) is 3.09. The summed E-state index contributed by atoms with van der Waals surface area (Å²) in [6.07, 6.45) is 3.87. The molecule has 2 amide bonds. The first-order chi connectivity index (χ1) is 11.6. The standard InChI is InChI=1S/C17H19N3O2S2/c1-10-7-13(23-9-10)16(22)20-6-5-12-14(8-20)24-17(18-12)19-15(21)11-3-2-4-11/h7,9,11H,2-6,8H2,1H3,(H,18,19,21). The fourth-order valence-corrected chi connectivity index (χ4v) is 4.89. The second kappa shape index (κ2) is 6.29. The van der Waals surface area contributed by atoms with Crippen LogP contribution >= 0.6 is 22.7 Å². The number of rotatable bonds is 3. The van der Waals surface area contributed by atoms with E-state index in [1.807, 2.05) is 23.3 Å². The number of hydrogen-bond donors (Lipinski definition) is 1. The number of amides is 2. The molecule has 4 rings (SSSR count). The number of thiazole rings is 1. The molecule has 0 aromatic carbocycles. The zero-order chi connectivity index (χ0) is 16.7. The minimum absolute atomic E-state index is 0.0900. The Bertz CT molecular complexity index is 792. The Morgan fingerprint density at radius 3 is 2.88 bits per heavy atom. The van der Waals surface area contributed by atoms with Crippen LogP contribution in [-0.4, -0.2) is 28.2 Å². The summed E-state index contributed by atoms with van der Waals surface area (Å²) in [7, 11) is 0. The largest absolute Gasteiger partial charge is 0.332 e. The van der Waals surface area contributed by atoms with E-state index in [2.05, 4.69) is 10.3 Å². The second-order valence-electron chi connectivity index (χ2n) is 6.47. The Morgan fingerprint density at radius 2 is 2.21 bits per heavy atom. The molecule has 2 aromatic rings. The number of aryl methyl sites for hydroxylation is 1. The van der Waals surface area contributed by atoms with Gasteiger partial charge in [0.2, 0.25) is 5.91 Å². The lowest BCUT2D eigenvalue weighted by Crippen LogP contribution is -2.35. The molecule has 5 nitrogen and oxygen atoms in total. The lowest BCUT2D eigenvalue weighted by molar-refractivity contribution is -0.122. The van der Waals surface area contributed by atoms with E-state index in [1.165, 1.54) is 22.7 Å². The topological polar surface area (TPSA) is 62.3 Å². The Labute approximate surface area is 148 Å². The van der Waals surface area contributed by atoms with E-state index in [9.17, 15) is 9.59 Å². The number of carbonyl (C=O) groups is 2. The highest BCUT2D eigenvalue weighted by Gasteiger charge is 2.28. The molecule has 1 aliphatic heterocycles. The van der Waals surface area contributed by atoms with Crippen LogP contribution < -0.4 is 5.32 Å². The SMILES string of the molecule is Cc1csc(C(=O)N2CCc3nc(NC(=O)C4CCC4)sc3C2)c1. The van der Waals surface area contributed by atoms with Crippen LogP contribution in [0.25, 0.3) is 0 Å². The van der Waals surface area contributed by atoms with Crippen molar-refractivity contribution in [3.8, 4) is 0 Å². The third-order valence-corrected chi connectivity index (χ3v) is 6.70. The second-order valence-corrected chi connectivity index (χ2v) is 8.47. The number of hydrogen-bond acceptors (Lipinski definition) is 5. The summed E-state index contributed by atoms with van der Waals surface area (Å²) in [6.45, 7) is 3.27. The van der Waals surface area contributed by atoms with Gasteiger partial charge in [-0.1, -0.05) is 17.8 Å². The van der Waals surface area contributed by atoms with Crippen molar-refractivity contribution in [1.29, 1.82) is 0 Å². The molecule has 126 valence electrons. The molecular formula is C17H19N3O2S2. The van der Waals surface area contributed by atoms with Crippen molar-refractivity contribution < 1.29 is 9.59 Å². The van der Waals surface area contributed by atoms with Gasteiger partial charge in [-0.3, -0.25) is 9.59 Å². The zero-order valence-electron chi connectivity index (χ0n) is 13.5. The van der Waals surface area contributed by atoms with Gasteiger partial charge < -0.3 is 10.2 Å². The summed E-state index contributed by atoms with van der Waals surface area (Å²) in [6, 6.07) is 1.94. The lowest BCUT2D eigenvalue weighted by atomic mass is 9.85. The van der Waals surface area contributed by atoms with Crippen molar-refractivity contribution in [3.63, 3.8) is 0 Å². The molecule has 7 heteroatoms. The van der Waals surface area contributed by atoms with E-state index < -0.39 is 0 Å². The van der Waals surface area contributed by atoms with Gasteiger partial charge in [-0.15, -0.1) is 11.3 Å². The summed E-state index contributed by atoms with van der Waals surface area (Å²) in [4.78, 5) is 33.0. The third kappa shape index (κ3) is 2.98. The number of fused-ring (bicyclic) bond motifs is 1. The number of carbonyl (C=O) groups excluding carboxylic acids is 2. The number of anilines is 1. The molecular weight excluding hydrogens is 342 g/mol. The monoisotopic (exact) mass is 361 g/mol. The quantitative estimate of drug-likeness (QED) is 0.911. The molecule has 0 radical (unpaired) electrons. The fraction of sp³-hybridized carbons (Fsp3) is 0.471. The van der Waals surface area contributed by atoms with Crippen molar-refractivity contribution in [3.05, 3.63) is 32.5 Å². The Balaban J connectivity index is 1.45. The van der Waals surface area contributed by atoms with E-state index in [4.69, 9.17) is 0 Å². The highest BCUT2D eigenvalue weighted by atomic mass is 32.1. The number of thiophene rings is 1. The molecule has 0 atom stereocenters. The van der Waals surface area contributed by atoms with Crippen LogP contribution in [0.3, 0.4) is 0 Å². The smallest absolute Gasteiger partial charge is 0.264 e. The van der Waals surface area contributed by atoms with E-state index in [1.54, 1.807) is 0 Å². The average molecular weight is 361 g/mol. The molecule has 1 fully saturated rings. The molecule has 2 aromatic heterocycles. The van der Waals surface area contributed by atoms with Crippen molar-refractivity contribution in [2.75, 3.05) is 11.9 Å². The maximum atomic E-state index is 12.6. The van der Waals surface area contributed by atoms with Crippen LogP contribution in [0.2, 0.25) is 0 Å². The molecule has 2 aliphatic rings. The van der Waals surface area contributed by atoms with Crippen LogP contribution in [0.1, 0.15) is 45.1 Å². The Hall–Kier alpha value is -1.73. The van der Waals surface area contributed by atoms with Crippen molar-refractivity contribution >= 4 is 39.6 Å². The van der Waals surface area contributed by atoms with Gasteiger partial charge in [0.05, 0.1) is 17.1 Å². The lowest BCUT2D eigenvalue weighted by Gasteiger charge is -2.25. The van der Waals surface area contributed by atoms with Gasteiger partial charge >= 0.3 is 0 Å². The fourth-order valence-electron chi connectivity index (χ4n) is 3.00. The molecule has 0 unspecified atom stereocenters. The van der Waals surface area contributed by atoms with Crippen LogP contribution in [0, 0.1) is 12.8 Å². The molecule has 3 heterocycles. The number of aromatic nitrogens is 1. The van der Waals surface area contributed by atoms with Gasteiger partial charge in [0.15, 0.2) is 5.13 Å². The molecule has 1 N–H and O–H groups in total. The van der Waals surface area contributed by atoms with Crippen molar-refractivity contribution in [2.45, 2.75) is 39.2 Å². The maximum Gasteiger partial charge on any atom is 0.264 e. The van der Waals surface area contributed by atoms with E-state index >= 15 is 0 Å². The minimum atomic E-state index is 0.0900. The number of nitrogens with one attached hydrogen (secondary N) is 1. The molecule has 0 spiro atoms. The number of nitrogens with zero attached hydrogens (tertiary/aromatic N) is 2. The van der Waals surface area contributed by atoms with Crippen molar-refractivity contribution in [2.24, 2.45) is 5.92 Å². The van der Waals surface area contributed by atoms with Crippen molar-refractivity contribution in [1.82, 2.24) is 9.88 Å². The predicted molar refractivity (Wildman–Crippen MR) is 95.6 cm³/mol. The highest BCUT2D eigenvalue weighted by molar-refractivity contribution is 7.16. The first-order valence-electron chi connectivity index (χ1n) is 8.24. The summed E-state index contributed by atoms with van der Waals surface area (Å²) in [5.41, 5.74) is 2.15. The van der Waals surface area contributed by atoms with Crippen LogP contribution in [0.15, 0.2) is 11.4 Å². The van der Waals surface area contributed by atoms with Gasteiger partial charge in [0.1, 0.15) is 0 Å². The van der Waals surface area contributed by atoms with E-state index in [0.717, 1.165) is 46.7 Å². The highest BCUT2D eigenvalue weighted by Crippen LogP contribution is 2.32. The van der Waals surface area contributed by atoms with Crippen LogP contribution in [0.4, 0.5) is 5.13 Å². The predicted octanol–water partition coefficient (Wildman–Crippen LogP) is 3.45. The Kier molecular flexibility index (Phi) is 4.14. The van der Waals surface area contributed by atoms with Gasteiger partial charge in [-0.2, -0.15) is 0 Å². The minimum Gasteiger partial charge on any atom is -0.332 e. The van der Waals surface area contributed by atoms with Gasteiger partial charge in [0, 0.05) is 23.8 Å². The summed E-state index contributed by atoms with van der Waals surface area (Å²) < 4.78 is 0. The summed E-state index contributed by atoms with van der Waals surface area (Å²) in [5, 5.41) is 5.63. The van der Waals surface area contributed by atoms with E-state index in [0.29, 0.717) is 18.2 Å². The molecule has 1 saturated carbocycles. The zero-order valence-corrected chi connectivity index (χ0v) is 15.1. The first-order valence-corrected chi connectivity index (χ1v) is 9.93. The molecule has 1 aliphatic carbocycles. The third-order valence-electron chi connectivity index (χ3n) is 4.67. The van der Waals surface area contributed by atoms with Gasteiger partial charge in [0.25, 0.3) is 5.91 Å². The normalized spacial score (nSPS) is 17.3. The van der Waals surface area contributed by atoms with Crippen LogP contribution in [0.5, 0.6) is 0 Å². The Morgan fingerprint density at radius 1 is 1.38 bits per heavy atom. The first kappa shape index (κ1) is 15.8.